The van der Waals surface area contributed by atoms with Crippen LogP contribution in [0.2, 0.25) is 0 Å². The van der Waals surface area contributed by atoms with Gasteiger partial charge in [0.1, 0.15) is 5.75 Å². The van der Waals surface area contributed by atoms with Gasteiger partial charge in [-0.2, -0.15) is 0 Å². The fraction of sp³-hybridized carbons (Fsp3) is 0.364. The first-order valence-electron chi connectivity index (χ1n) is 9.00. The van der Waals surface area contributed by atoms with Gasteiger partial charge in [0.25, 0.3) is 5.91 Å². The minimum atomic E-state index is -0.219. The second-order valence-corrected chi connectivity index (χ2v) is 6.51. The number of hydrogen-bond acceptors (Lipinski definition) is 3. The molecule has 2 rings (SSSR count). The highest BCUT2D eigenvalue weighted by Gasteiger charge is 2.30. The lowest BCUT2D eigenvalue weighted by molar-refractivity contribution is 0.0937. The Balaban J connectivity index is 2.26. The third-order valence-electron chi connectivity index (χ3n) is 5.17. The second kappa shape index (κ2) is 8.65. The number of amides is 1. The van der Waals surface area contributed by atoms with Crippen molar-refractivity contribution >= 4 is 11.7 Å². The molecule has 0 aliphatic rings. The molecule has 0 heterocycles. The Morgan fingerprint density at radius 3 is 2.35 bits per heavy atom. The molecule has 0 aromatic heterocycles. The van der Waals surface area contributed by atoms with E-state index in [9.17, 15) is 9.59 Å². The maximum atomic E-state index is 12.7. The van der Waals surface area contributed by atoms with Crippen molar-refractivity contribution in [3.63, 3.8) is 0 Å². The first kappa shape index (κ1) is 19.7. The van der Waals surface area contributed by atoms with Gasteiger partial charge in [0.2, 0.25) is 0 Å². The smallest absolute Gasteiger partial charge is 0.255 e. The summed E-state index contributed by atoms with van der Waals surface area (Å²) in [6.45, 7) is 6.29. The van der Waals surface area contributed by atoms with E-state index >= 15 is 0 Å². The average Bonchev–Trinajstić information content (AvgIpc) is 2.69. The number of Topliss-reactive ketones (excluding diaryl/α,β-unsaturated/α-hetero) is 1. The van der Waals surface area contributed by atoms with Crippen LogP contribution in [-0.4, -0.2) is 25.3 Å². The Labute approximate surface area is 155 Å². The monoisotopic (exact) mass is 353 g/mol. The first-order valence-corrected chi connectivity index (χ1v) is 9.00. The number of carbonyl (C=O) groups is 2. The van der Waals surface area contributed by atoms with Gasteiger partial charge in [0.05, 0.1) is 12.7 Å². The van der Waals surface area contributed by atoms with Crippen LogP contribution in [0.25, 0.3) is 0 Å². The zero-order chi connectivity index (χ0) is 19.2. The van der Waals surface area contributed by atoms with E-state index in [1.165, 1.54) is 0 Å². The van der Waals surface area contributed by atoms with Gasteiger partial charge in [-0.25, -0.2) is 0 Å². The van der Waals surface area contributed by atoms with Crippen molar-refractivity contribution in [3.05, 3.63) is 65.2 Å². The quantitative estimate of drug-likeness (QED) is 0.716. The topological polar surface area (TPSA) is 55.4 Å². The SMILES string of the molecule is CCC(CC)(CNC(=O)c1ccccc1OC)c1cccc(C(C)=O)c1. The number of rotatable bonds is 8. The number of ketones is 1. The molecule has 138 valence electrons. The van der Waals surface area contributed by atoms with Gasteiger partial charge < -0.3 is 10.1 Å². The Morgan fingerprint density at radius 2 is 1.73 bits per heavy atom. The van der Waals surface area contributed by atoms with Crippen LogP contribution in [0.4, 0.5) is 0 Å². The van der Waals surface area contributed by atoms with Gasteiger partial charge in [-0.3, -0.25) is 9.59 Å². The molecule has 1 N–H and O–H groups in total. The third-order valence-corrected chi connectivity index (χ3v) is 5.17. The number of para-hydroxylation sites is 1. The Morgan fingerprint density at radius 1 is 1.04 bits per heavy atom. The molecule has 4 heteroatoms. The molecule has 0 saturated carbocycles. The number of hydrogen-bond donors (Lipinski definition) is 1. The van der Waals surface area contributed by atoms with Crippen LogP contribution in [0.3, 0.4) is 0 Å². The number of nitrogens with one attached hydrogen (secondary N) is 1. The Hall–Kier alpha value is -2.62. The van der Waals surface area contributed by atoms with Crippen LogP contribution in [0.5, 0.6) is 5.75 Å². The van der Waals surface area contributed by atoms with Gasteiger partial charge in [-0.05, 0) is 43.5 Å². The van der Waals surface area contributed by atoms with E-state index in [4.69, 9.17) is 4.74 Å². The molecule has 0 fully saturated rings. The summed E-state index contributed by atoms with van der Waals surface area (Å²) in [5.74, 6) is 0.449. The standard InChI is InChI=1S/C22H27NO3/c1-5-22(6-2,18-11-9-10-17(14-18)16(3)24)15-23-21(25)19-12-7-8-13-20(19)26-4/h7-14H,5-6,15H2,1-4H3,(H,23,25). The van der Waals surface area contributed by atoms with E-state index in [1.54, 1.807) is 26.2 Å². The highest BCUT2D eigenvalue weighted by atomic mass is 16.5. The number of methoxy groups -OCH3 is 1. The zero-order valence-electron chi connectivity index (χ0n) is 16.0. The predicted octanol–water partition coefficient (Wildman–Crippen LogP) is 4.39. The number of benzene rings is 2. The third kappa shape index (κ3) is 4.13. The molecule has 0 spiro atoms. The summed E-state index contributed by atoms with van der Waals surface area (Å²) in [5.41, 5.74) is 2.08. The van der Waals surface area contributed by atoms with E-state index in [2.05, 4.69) is 19.2 Å². The van der Waals surface area contributed by atoms with E-state index < -0.39 is 0 Å². The average molecular weight is 353 g/mol. The summed E-state index contributed by atoms with van der Waals surface area (Å²) in [6.07, 6.45) is 1.72. The fourth-order valence-corrected chi connectivity index (χ4v) is 3.26. The minimum absolute atomic E-state index is 0.0472. The van der Waals surface area contributed by atoms with Gasteiger partial charge in [0.15, 0.2) is 5.78 Å². The lowest BCUT2D eigenvalue weighted by Gasteiger charge is -2.33. The van der Waals surface area contributed by atoms with E-state index in [0.29, 0.717) is 23.4 Å². The molecule has 4 nitrogen and oxygen atoms in total. The first-order chi connectivity index (χ1) is 12.5. The number of carbonyl (C=O) groups excluding carboxylic acids is 2. The van der Waals surface area contributed by atoms with Crippen LogP contribution < -0.4 is 10.1 Å². The van der Waals surface area contributed by atoms with Crippen molar-refractivity contribution in [2.45, 2.75) is 39.0 Å². The van der Waals surface area contributed by atoms with Crippen LogP contribution in [0, 0.1) is 0 Å². The molecule has 0 unspecified atom stereocenters. The van der Waals surface area contributed by atoms with Crippen molar-refractivity contribution in [1.82, 2.24) is 5.32 Å². The van der Waals surface area contributed by atoms with Crippen LogP contribution >= 0.6 is 0 Å². The normalized spacial score (nSPS) is 11.1. The molecule has 2 aromatic carbocycles. The molecule has 0 bridgehead atoms. The molecule has 0 saturated heterocycles. The Bertz CT molecular complexity index is 778. The van der Waals surface area contributed by atoms with Gasteiger partial charge in [0, 0.05) is 17.5 Å². The van der Waals surface area contributed by atoms with Crippen molar-refractivity contribution in [2.24, 2.45) is 0 Å². The highest BCUT2D eigenvalue weighted by Crippen LogP contribution is 2.32. The highest BCUT2D eigenvalue weighted by molar-refractivity contribution is 5.97. The number of ether oxygens (including phenoxy) is 1. The maximum Gasteiger partial charge on any atom is 0.255 e. The largest absolute Gasteiger partial charge is 0.496 e. The molecule has 0 atom stereocenters. The summed E-state index contributed by atoms with van der Waals surface area (Å²) < 4.78 is 5.28. The van der Waals surface area contributed by atoms with Crippen molar-refractivity contribution in [2.75, 3.05) is 13.7 Å². The van der Waals surface area contributed by atoms with Crippen molar-refractivity contribution in [1.29, 1.82) is 0 Å². The predicted molar refractivity (Wildman–Crippen MR) is 104 cm³/mol. The lowest BCUT2D eigenvalue weighted by Crippen LogP contribution is -2.40. The summed E-state index contributed by atoms with van der Waals surface area (Å²) in [6, 6.07) is 14.9. The minimum Gasteiger partial charge on any atom is -0.496 e. The van der Waals surface area contributed by atoms with Crippen molar-refractivity contribution < 1.29 is 14.3 Å². The molecule has 0 aliphatic heterocycles. The molecule has 26 heavy (non-hydrogen) atoms. The second-order valence-electron chi connectivity index (χ2n) is 6.51. The molecule has 2 aromatic rings. The van der Waals surface area contributed by atoms with E-state index in [1.807, 2.05) is 36.4 Å². The van der Waals surface area contributed by atoms with Gasteiger partial charge in [-0.15, -0.1) is 0 Å². The molecule has 0 aliphatic carbocycles. The zero-order valence-corrected chi connectivity index (χ0v) is 16.0. The van der Waals surface area contributed by atoms with E-state index in [0.717, 1.165) is 18.4 Å². The summed E-state index contributed by atoms with van der Waals surface area (Å²) in [5, 5.41) is 3.06. The Kier molecular flexibility index (Phi) is 6.56. The summed E-state index contributed by atoms with van der Waals surface area (Å²) in [4.78, 5) is 24.4. The maximum absolute atomic E-state index is 12.7. The summed E-state index contributed by atoms with van der Waals surface area (Å²) in [7, 11) is 1.56. The lowest BCUT2D eigenvalue weighted by atomic mass is 9.75. The van der Waals surface area contributed by atoms with Crippen LogP contribution in [0.1, 0.15) is 59.9 Å². The molecular formula is C22H27NO3. The van der Waals surface area contributed by atoms with Crippen LogP contribution in [-0.2, 0) is 5.41 Å². The summed E-state index contributed by atoms with van der Waals surface area (Å²) >= 11 is 0. The van der Waals surface area contributed by atoms with Gasteiger partial charge >= 0.3 is 0 Å². The van der Waals surface area contributed by atoms with Crippen LogP contribution in [0.15, 0.2) is 48.5 Å². The fourth-order valence-electron chi connectivity index (χ4n) is 3.26. The molecule has 1 amide bonds. The van der Waals surface area contributed by atoms with Gasteiger partial charge in [-0.1, -0.05) is 44.2 Å². The molecular weight excluding hydrogens is 326 g/mol. The van der Waals surface area contributed by atoms with Crippen molar-refractivity contribution in [3.8, 4) is 5.75 Å². The van der Waals surface area contributed by atoms with E-state index in [-0.39, 0.29) is 17.1 Å². The molecule has 0 radical (unpaired) electrons.